The van der Waals surface area contributed by atoms with Gasteiger partial charge in [0.15, 0.2) is 5.96 Å². The van der Waals surface area contributed by atoms with Gasteiger partial charge in [0.1, 0.15) is 12.4 Å². The van der Waals surface area contributed by atoms with Crippen LogP contribution in [0, 0.1) is 6.92 Å². The molecule has 0 saturated carbocycles. The van der Waals surface area contributed by atoms with E-state index >= 15 is 0 Å². The molecule has 0 unspecified atom stereocenters. The minimum atomic E-state index is 0. The van der Waals surface area contributed by atoms with E-state index in [9.17, 15) is 0 Å². The summed E-state index contributed by atoms with van der Waals surface area (Å²) in [4.78, 5) is 4.27. The van der Waals surface area contributed by atoms with Crippen LogP contribution in [0.3, 0.4) is 0 Å². The number of aliphatic imine (C=N–C) groups is 1. The van der Waals surface area contributed by atoms with Crippen LogP contribution in [0.1, 0.15) is 16.7 Å². The van der Waals surface area contributed by atoms with Crippen molar-refractivity contribution in [3.05, 3.63) is 65.2 Å². The number of benzene rings is 2. The first kappa shape index (κ1) is 22.2. The van der Waals surface area contributed by atoms with Crippen LogP contribution in [0.4, 0.5) is 0 Å². The van der Waals surface area contributed by atoms with E-state index in [2.05, 4.69) is 46.8 Å². The fraction of sp³-hybridized carbons (Fsp3) is 0.350. The van der Waals surface area contributed by atoms with Crippen LogP contribution in [0.2, 0.25) is 0 Å². The third-order valence-electron chi connectivity index (χ3n) is 3.87. The quantitative estimate of drug-likeness (QED) is 0.269. The van der Waals surface area contributed by atoms with Crippen molar-refractivity contribution in [1.29, 1.82) is 0 Å². The summed E-state index contributed by atoms with van der Waals surface area (Å²) in [6.45, 7) is 4.71. The van der Waals surface area contributed by atoms with Crippen molar-refractivity contribution in [2.75, 3.05) is 27.4 Å². The van der Waals surface area contributed by atoms with Gasteiger partial charge < -0.3 is 20.1 Å². The van der Waals surface area contributed by atoms with E-state index in [1.165, 1.54) is 11.1 Å². The summed E-state index contributed by atoms with van der Waals surface area (Å²) < 4.78 is 10.5. The van der Waals surface area contributed by atoms with Crippen LogP contribution in [0.15, 0.2) is 53.5 Å². The normalized spacial score (nSPS) is 10.8. The molecule has 0 fully saturated rings. The Morgan fingerprint density at radius 3 is 2.31 bits per heavy atom. The van der Waals surface area contributed by atoms with Gasteiger partial charge in [0.25, 0.3) is 0 Å². The van der Waals surface area contributed by atoms with Crippen LogP contribution in [-0.4, -0.2) is 33.3 Å². The maximum Gasteiger partial charge on any atom is 0.191 e. The van der Waals surface area contributed by atoms with E-state index in [-0.39, 0.29) is 24.0 Å². The van der Waals surface area contributed by atoms with Crippen LogP contribution < -0.4 is 15.4 Å². The molecule has 0 aliphatic rings. The number of hydrogen-bond acceptors (Lipinski definition) is 3. The largest absolute Gasteiger partial charge is 0.491 e. The Balaban J connectivity index is 0.00000338. The molecule has 0 spiro atoms. The van der Waals surface area contributed by atoms with Crippen LogP contribution >= 0.6 is 24.0 Å². The molecule has 2 N–H and O–H groups in total. The summed E-state index contributed by atoms with van der Waals surface area (Å²) in [5.74, 6) is 1.63. The number of aryl methyl sites for hydroxylation is 1. The molecule has 0 aromatic heterocycles. The molecule has 0 atom stereocenters. The van der Waals surface area contributed by atoms with E-state index in [1.807, 2.05) is 24.3 Å². The Kier molecular flexibility index (Phi) is 10.7. The van der Waals surface area contributed by atoms with Crippen molar-refractivity contribution in [2.45, 2.75) is 20.0 Å². The zero-order valence-corrected chi connectivity index (χ0v) is 17.9. The molecule has 26 heavy (non-hydrogen) atoms. The van der Waals surface area contributed by atoms with Gasteiger partial charge in [-0.3, -0.25) is 4.99 Å². The third-order valence-corrected chi connectivity index (χ3v) is 3.87. The smallest absolute Gasteiger partial charge is 0.191 e. The molecule has 0 heterocycles. The lowest BCUT2D eigenvalue weighted by atomic mass is 10.1. The molecule has 0 aliphatic heterocycles. The second-order valence-corrected chi connectivity index (χ2v) is 5.69. The highest BCUT2D eigenvalue weighted by atomic mass is 127. The number of rotatable bonds is 8. The maximum absolute atomic E-state index is 5.57. The zero-order valence-electron chi connectivity index (χ0n) is 15.6. The second-order valence-electron chi connectivity index (χ2n) is 5.69. The highest BCUT2D eigenvalue weighted by Crippen LogP contribution is 2.12. The van der Waals surface area contributed by atoms with Gasteiger partial charge >= 0.3 is 0 Å². The summed E-state index contributed by atoms with van der Waals surface area (Å²) in [5, 5.41) is 6.67. The van der Waals surface area contributed by atoms with Crippen molar-refractivity contribution >= 4 is 29.9 Å². The topological polar surface area (TPSA) is 54.9 Å². The predicted octanol–water partition coefficient (Wildman–Crippen LogP) is 3.50. The minimum absolute atomic E-state index is 0. The standard InChI is InChI=1S/C20H27N3O2.HI/c1-16-6-4-5-7-18(16)15-23-20(21-2)22-14-17-8-10-19(11-9-17)25-13-12-24-3;/h4-11H,12-15H2,1-3H3,(H2,21,22,23);1H. The molecule has 5 nitrogen and oxygen atoms in total. The van der Waals surface area contributed by atoms with E-state index in [0.29, 0.717) is 19.8 Å². The van der Waals surface area contributed by atoms with Gasteiger partial charge in [0, 0.05) is 27.2 Å². The Morgan fingerprint density at radius 2 is 1.65 bits per heavy atom. The second kappa shape index (κ2) is 12.5. The number of hydrogen-bond donors (Lipinski definition) is 2. The fourth-order valence-corrected chi connectivity index (χ4v) is 2.34. The Morgan fingerprint density at radius 1 is 0.962 bits per heavy atom. The maximum atomic E-state index is 5.57. The van der Waals surface area contributed by atoms with E-state index in [0.717, 1.165) is 23.8 Å². The SMILES string of the molecule is CN=C(NCc1ccc(OCCOC)cc1)NCc1ccccc1C.I. The third kappa shape index (κ3) is 7.61. The van der Waals surface area contributed by atoms with Gasteiger partial charge in [-0.05, 0) is 35.7 Å². The summed E-state index contributed by atoms with van der Waals surface area (Å²) in [6, 6.07) is 16.4. The molecule has 0 bridgehead atoms. The van der Waals surface area contributed by atoms with E-state index < -0.39 is 0 Å². The molecular weight excluding hydrogens is 441 g/mol. The first-order chi connectivity index (χ1) is 12.2. The van der Waals surface area contributed by atoms with E-state index in [4.69, 9.17) is 9.47 Å². The molecule has 6 heteroatoms. The first-order valence-electron chi connectivity index (χ1n) is 8.42. The van der Waals surface area contributed by atoms with Gasteiger partial charge in [-0.15, -0.1) is 24.0 Å². The molecule has 2 rings (SSSR count). The Bertz CT molecular complexity index is 675. The van der Waals surface area contributed by atoms with E-state index in [1.54, 1.807) is 14.2 Å². The van der Waals surface area contributed by atoms with Crippen molar-refractivity contribution in [3.8, 4) is 5.75 Å². The van der Waals surface area contributed by atoms with Crippen LogP contribution in [0.25, 0.3) is 0 Å². The molecule has 2 aromatic carbocycles. The molecule has 0 radical (unpaired) electrons. The molecule has 0 aliphatic carbocycles. The van der Waals surface area contributed by atoms with Crippen LogP contribution in [-0.2, 0) is 17.8 Å². The molecule has 142 valence electrons. The predicted molar refractivity (Wildman–Crippen MR) is 117 cm³/mol. The van der Waals surface area contributed by atoms with Gasteiger partial charge in [-0.1, -0.05) is 36.4 Å². The minimum Gasteiger partial charge on any atom is -0.491 e. The summed E-state index contributed by atoms with van der Waals surface area (Å²) >= 11 is 0. The van der Waals surface area contributed by atoms with Gasteiger partial charge in [0.05, 0.1) is 6.61 Å². The van der Waals surface area contributed by atoms with Crippen molar-refractivity contribution in [1.82, 2.24) is 10.6 Å². The first-order valence-corrected chi connectivity index (χ1v) is 8.42. The summed E-state index contributed by atoms with van der Waals surface area (Å²) in [5.41, 5.74) is 3.70. The van der Waals surface area contributed by atoms with Gasteiger partial charge in [-0.2, -0.15) is 0 Å². The lowest BCUT2D eigenvalue weighted by Gasteiger charge is -2.13. The van der Waals surface area contributed by atoms with Gasteiger partial charge in [0.2, 0.25) is 0 Å². The monoisotopic (exact) mass is 469 g/mol. The highest BCUT2D eigenvalue weighted by Gasteiger charge is 2.01. The van der Waals surface area contributed by atoms with Crippen molar-refractivity contribution < 1.29 is 9.47 Å². The molecular formula is C20H28IN3O2. The average molecular weight is 469 g/mol. The fourth-order valence-electron chi connectivity index (χ4n) is 2.34. The molecule has 0 saturated heterocycles. The average Bonchev–Trinajstić information content (AvgIpc) is 2.64. The Hall–Kier alpha value is -1.80. The number of nitrogens with one attached hydrogen (secondary N) is 2. The Labute approximate surface area is 173 Å². The number of halogens is 1. The number of methoxy groups -OCH3 is 1. The zero-order chi connectivity index (χ0) is 17.9. The molecule has 2 aromatic rings. The van der Waals surface area contributed by atoms with Crippen molar-refractivity contribution in [3.63, 3.8) is 0 Å². The van der Waals surface area contributed by atoms with Crippen LogP contribution in [0.5, 0.6) is 5.75 Å². The molecule has 0 amide bonds. The summed E-state index contributed by atoms with van der Waals surface area (Å²) in [7, 11) is 3.44. The number of nitrogens with zero attached hydrogens (tertiary/aromatic N) is 1. The number of guanidine groups is 1. The van der Waals surface area contributed by atoms with Gasteiger partial charge in [-0.25, -0.2) is 0 Å². The highest BCUT2D eigenvalue weighted by molar-refractivity contribution is 14.0. The lowest BCUT2D eigenvalue weighted by molar-refractivity contribution is 0.146. The summed E-state index contributed by atoms with van der Waals surface area (Å²) in [6.07, 6.45) is 0. The van der Waals surface area contributed by atoms with Crippen molar-refractivity contribution in [2.24, 2.45) is 4.99 Å². The number of ether oxygens (including phenoxy) is 2. The lowest BCUT2D eigenvalue weighted by Crippen LogP contribution is -2.36.